The van der Waals surface area contributed by atoms with Gasteiger partial charge in [0.1, 0.15) is 10.1 Å². The minimum atomic E-state index is -4.82. The van der Waals surface area contributed by atoms with Gasteiger partial charge >= 0.3 is 63.3 Å². The van der Waals surface area contributed by atoms with E-state index in [1.54, 1.807) is 0 Å². The Morgan fingerprint density at radius 2 is 0.800 bits per heavy atom. The Kier molecular flexibility index (Phi) is 38.1. The molecule has 55 heavy (non-hydrogen) atoms. The number of carbonyl (C=O) groups is 2. The molecule has 0 unspecified atom stereocenters. The molecule has 1 aromatic carbocycles. The van der Waals surface area contributed by atoms with Gasteiger partial charge < -0.3 is 14.0 Å². The maximum atomic E-state index is 12.9. The molecule has 1 aromatic rings. The molecule has 0 N–H and O–H groups in total. The second-order valence-electron chi connectivity index (χ2n) is 15.0. The van der Waals surface area contributed by atoms with Crippen LogP contribution < -0.4 is 51.4 Å². The van der Waals surface area contributed by atoms with Gasteiger partial charge in [-0.2, -0.15) is 0 Å². The summed E-state index contributed by atoms with van der Waals surface area (Å²) in [5.41, 5.74) is -0.338. The van der Waals surface area contributed by atoms with Crippen molar-refractivity contribution in [1.82, 2.24) is 0 Å². The minimum absolute atomic E-state index is 0. The van der Waals surface area contributed by atoms with Crippen LogP contribution in [0.2, 0.25) is 0 Å². The number of rotatable bonds is 37. The van der Waals surface area contributed by atoms with Crippen LogP contribution in [-0.2, 0) is 19.6 Å². The summed E-state index contributed by atoms with van der Waals surface area (Å²) < 4.78 is 45.8. The summed E-state index contributed by atoms with van der Waals surface area (Å²) in [6.07, 6.45) is 45.0. The van der Waals surface area contributed by atoms with Crippen molar-refractivity contribution in [2.75, 3.05) is 13.2 Å². The normalized spacial score (nSPS) is 11.7. The molecule has 0 bridgehead atoms. The van der Waals surface area contributed by atoms with Crippen molar-refractivity contribution in [2.24, 2.45) is 0 Å². The van der Waals surface area contributed by atoms with Crippen LogP contribution in [-0.4, -0.2) is 38.1 Å². The van der Waals surface area contributed by atoms with E-state index >= 15 is 0 Å². The molecule has 310 valence electrons. The van der Waals surface area contributed by atoms with Gasteiger partial charge in [-0.3, -0.25) is 0 Å². The molecular formula is C46H77KO7S. The van der Waals surface area contributed by atoms with E-state index in [1.165, 1.54) is 147 Å². The number of carbonyl (C=O) groups excluding carboxylic acids is 2. The molecule has 0 aliphatic heterocycles. The molecule has 0 atom stereocenters. The molecule has 0 saturated heterocycles. The van der Waals surface area contributed by atoms with E-state index in [2.05, 4.69) is 38.2 Å². The van der Waals surface area contributed by atoms with Gasteiger partial charge in [0.25, 0.3) is 0 Å². The standard InChI is InChI=1S/C46H78O7S.K/c1-3-5-7-9-11-13-15-17-19-21-23-25-27-29-31-33-35-39-52-45(47)43-38-37-42(54(49,50)51)41-44(43)46(48)53-40-36-34-32-30-28-26-24-22-20-18-16-14-12-10-8-6-4-2;/h9-12,37-38,41H,3-8,13-36,39-40H2,1-2H3,(H,49,50,51);/q;+1/p-1/b11-9+,12-10+;. The van der Waals surface area contributed by atoms with Gasteiger partial charge in [0.15, 0.2) is 0 Å². The van der Waals surface area contributed by atoms with Crippen LogP contribution in [0.25, 0.3) is 0 Å². The van der Waals surface area contributed by atoms with Crippen molar-refractivity contribution < 1.29 is 83.4 Å². The number of allylic oxidation sites excluding steroid dienone is 4. The molecule has 0 fully saturated rings. The summed E-state index contributed by atoms with van der Waals surface area (Å²) in [7, 11) is -4.82. The van der Waals surface area contributed by atoms with Gasteiger partial charge in [-0.25, -0.2) is 18.0 Å². The quantitative estimate of drug-likeness (QED) is 0.0216. The monoisotopic (exact) mass is 813 g/mol. The van der Waals surface area contributed by atoms with Gasteiger partial charge in [0, 0.05) is 0 Å². The van der Waals surface area contributed by atoms with Gasteiger partial charge in [-0.05, 0) is 69.6 Å². The maximum absolute atomic E-state index is 12.9. The molecule has 0 aromatic heterocycles. The van der Waals surface area contributed by atoms with Gasteiger partial charge in [0.2, 0.25) is 0 Å². The van der Waals surface area contributed by atoms with Crippen LogP contribution in [0.1, 0.15) is 227 Å². The fourth-order valence-corrected chi connectivity index (χ4v) is 7.03. The molecular weight excluding hydrogens is 736 g/mol. The summed E-state index contributed by atoms with van der Waals surface area (Å²) in [4.78, 5) is 25.2. The Bertz CT molecular complexity index is 1240. The van der Waals surface area contributed by atoms with Crippen LogP contribution in [0.4, 0.5) is 0 Å². The summed E-state index contributed by atoms with van der Waals surface area (Å²) in [6, 6.07) is 3.14. The number of unbranched alkanes of at least 4 members (excludes halogenated alkanes) is 26. The zero-order chi connectivity index (χ0) is 39.4. The first-order chi connectivity index (χ1) is 26.3. The van der Waals surface area contributed by atoms with Gasteiger partial charge in [-0.15, -0.1) is 0 Å². The molecule has 9 heteroatoms. The van der Waals surface area contributed by atoms with Crippen molar-refractivity contribution in [3.05, 3.63) is 53.6 Å². The summed E-state index contributed by atoms with van der Waals surface area (Å²) in [6.45, 7) is 4.83. The third kappa shape index (κ3) is 31.8. The Morgan fingerprint density at radius 3 is 1.15 bits per heavy atom. The molecule has 0 saturated carbocycles. The summed E-state index contributed by atoms with van der Waals surface area (Å²) in [5, 5.41) is 0. The number of hydrogen-bond donors (Lipinski definition) is 0. The Hall–Kier alpha value is -0.814. The second kappa shape index (κ2) is 38.7. The van der Waals surface area contributed by atoms with E-state index in [4.69, 9.17) is 9.47 Å². The van der Waals surface area contributed by atoms with E-state index < -0.39 is 27.0 Å². The summed E-state index contributed by atoms with van der Waals surface area (Å²) in [5.74, 6) is -1.55. The summed E-state index contributed by atoms with van der Waals surface area (Å²) >= 11 is 0. The fourth-order valence-electron chi connectivity index (χ4n) is 6.54. The van der Waals surface area contributed by atoms with E-state index in [-0.39, 0.29) is 75.7 Å². The SMILES string of the molecule is CCCC/C=C/CCCCCCCCCCCCCOC(=O)c1ccc(S(=O)(=O)[O-])cc1C(=O)OCCCCCCCCCCCCC/C=C/CCCC.[K+]. The van der Waals surface area contributed by atoms with Crippen LogP contribution in [0, 0.1) is 0 Å². The Morgan fingerprint density at radius 1 is 0.491 bits per heavy atom. The predicted octanol–water partition coefficient (Wildman–Crippen LogP) is 10.8. The van der Waals surface area contributed by atoms with Crippen LogP contribution >= 0.6 is 0 Å². The van der Waals surface area contributed by atoms with E-state index in [0.717, 1.165) is 50.7 Å². The van der Waals surface area contributed by atoms with Crippen molar-refractivity contribution in [3.8, 4) is 0 Å². The first-order valence-electron chi connectivity index (χ1n) is 22.0. The van der Waals surface area contributed by atoms with Crippen molar-refractivity contribution in [1.29, 1.82) is 0 Å². The van der Waals surface area contributed by atoms with E-state index in [1.807, 2.05) is 0 Å². The van der Waals surface area contributed by atoms with Gasteiger partial charge in [0.05, 0.1) is 29.2 Å². The zero-order valence-corrected chi connectivity index (χ0v) is 39.4. The average molecular weight is 813 g/mol. The predicted molar refractivity (Wildman–Crippen MR) is 223 cm³/mol. The first-order valence-corrected chi connectivity index (χ1v) is 23.5. The number of esters is 2. The minimum Gasteiger partial charge on any atom is -0.744 e. The van der Waals surface area contributed by atoms with Crippen LogP contribution in [0.3, 0.4) is 0 Å². The molecule has 0 heterocycles. The topological polar surface area (TPSA) is 110 Å². The first kappa shape index (κ1) is 54.2. The Balaban J connectivity index is 0.0000292. The number of hydrogen-bond acceptors (Lipinski definition) is 7. The van der Waals surface area contributed by atoms with Crippen LogP contribution in [0.5, 0.6) is 0 Å². The van der Waals surface area contributed by atoms with Crippen LogP contribution in [0.15, 0.2) is 47.4 Å². The molecule has 0 radical (unpaired) electrons. The largest absolute Gasteiger partial charge is 1.00 e. The van der Waals surface area contributed by atoms with Gasteiger partial charge in [-0.1, -0.05) is 179 Å². The van der Waals surface area contributed by atoms with Crippen molar-refractivity contribution >= 4 is 22.1 Å². The zero-order valence-electron chi connectivity index (χ0n) is 35.4. The molecule has 7 nitrogen and oxygen atoms in total. The molecule has 0 spiro atoms. The molecule has 1 rings (SSSR count). The third-order valence-electron chi connectivity index (χ3n) is 10.00. The van der Waals surface area contributed by atoms with Crippen molar-refractivity contribution in [2.45, 2.75) is 211 Å². The number of benzene rings is 1. The molecule has 0 amide bonds. The van der Waals surface area contributed by atoms with E-state index in [9.17, 15) is 22.6 Å². The maximum Gasteiger partial charge on any atom is 1.00 e. The smallest absolute Gasteiger partial charge is 0.744 e. The van der Waals surface area contributed by atoms with Crippen molar-refractivity contribution in [3.63, 3.8) is 0 Å². The average Bonchev–Trinajstić information content (AvgIpc) is 3.16. The molecule has 0 aliphatic rings. The molecule has 0 aliphatic carbocycles. The fraction of sp³-hybridized carbons (Fsp3) is 0.739. The van der Waals surface area contributed by atoms with E-state index in [0.29, 0.717) is 12.8 Å². The third-order valence-corrected chi connectivity index (χ3v) is 10.8. The number of ether oxygens (including phenoxy) is 2. The second-order valence-corrected chi connectivity index (χ2v) is 16.4. The Labute approximate surface area is 380 Å².